The second-order valence-electron chi connectivity index (χ2n) is 4.92. The molecule has 16 heavy (non-hydrogen) atoms. The summed E-state index contributed by atoms with van der Waals surface area (Å²) in [6, 6.07) is 0.737. The van der Waals surface area contributed by atoms with Gasteiger partial charge in [-0.25, -0.2) is 0 Å². The fraction of sp³-hybridized carbons (Fsp3) is 0.917. The van der Waals surface area contributed by atoms with Gasteiger partial charge in [-0.15, -0.1) is 0 Å². The molecule has 0 radical (unpaired) electrons. The van der Waals surface area contributed by atoms with E-state index >= 15 is 0 Å². The summed E-state index contributed by atoms with van der Waals surface area (Å²) in [6.45, 7) is 4.77. The standard InChI is InChI=1S/C12H23N3O/c16-12-10-15(9-3-7-14-12)8-2-5-11-4-1-6-13-11/h11,13H,1-10H2,(H,14,16). The van der Waals surface area contributed by atoms with Crippen molar-refractivity contribution in [2.45, 2.75) is 38.1 Å². The molecule has 2 fully saturated rings. The van der Waals surface area contributed by atoms with E-state index in [-0.39, 0.29) is 5.91 Å². The Morgan fingerprint density at radius 3 is 3.06 bits per heavy atom. The van der Waals surface area contributed by atoms with Crippen LogP contribution in [0.5, 0.6) is 0 Å². The highest BCUT2D eigenvalue weighted by Crippen LogP contribution is 2.11. The Labute approximate surface area is 97.8 Å². The number of nitrogens with zero attached hydrogens (tertiary/aromatic N) is 1. The summed E-state index contributed by atoms with van der Waals surface area (Å²) in [5.41, 5.74) is 0. The van der Waals surface area contributed by atoms with E-state index in [0.29, 0.717) is 6.54 Å². The Hall–Kier alpha value is -0.610. The minimum atomic E-state index is 0.191. The molecule has 2 heterocycles. The van der Waals surface area contributed by atoms with Crippen LogP contribution >= 0.6 is 0 Å². The van der Waals surface area contributed by atoms with E-state index in [1.54, 1.807) is 0 Å². The zero-order chi connectivity index (χ0) is 11.2. The number of nitrogens with one attached hydrogen (secondary N) is 2. The molecule has 0 aromatic carbocycles. The highest BCUT2D eigenvalue weighted by atomic mass is 16.2. The Morgan fingerprint density at radius 1 is 1.31 bits per heavy atom. The molecule has 4 nitrogen and oxygen atoms in total. The van der Waals surface area contributed by atoms with Crippen molar-refractivity contribution >= 4 is 5.91 Å². The Morgan fingerprint density at radius 2 is 2.25 bits per heavy atom. The average molecular weight is 225 g/mol. The molecule has 0 aliphatic carbocycles. The first kappa shape index (κ1) is 11.9. The van der Waals surface area contributed by atoms with Gasteiger partial charge in [0, 0.05) is 19.1 Å². The van der Waals surface area contributed by atoms with E-state index in [1.807, 2.05) is 0 Å². The predicted molar refractivity (Wildman–Crippen MR) is 64.3 cm³/mol. The first-order valence-corrected chi connectivity index (χ1v) is 6.57. The lowest BCUT2D eigenvalue weighted by atomic mass is 10.1. The highest BCUT2D eigenvalue weighted by Gasteiger charge is 2.16. The molecule has 1 unspecified atom stereocenters. The first-order chi connectivity index (χ1) is 7.84. The van der Waals surface area contributed by atoms with Gasteiger partial charge in [0.1, 0.15) is 0 Å². The molecule has 2 rings (SSSR count). The molecule has 1 atom stereocenters. The maximum atomic E-state index is 11.3. The van der Waals surface area contributed by atoms with Crippen LogP contribution in [0.3, 0.4) is 0 Å². The van der Waals surface area contributed by atoms with Gasteiger partial charge in [-0.3, -0.25) is 9.69 Å². The van der Waals surface area contributed by atoms with Crippen molar-refractivity contribution in [2.75, 3.05) is 32.7 Å². The molecule has 0 aromatic rings. The van der Waals surface area contributed by atoms with E-state index in [4.69, 9.17) is 0 Å². The van der Waals surface area contributed by atoms with Crippen molar-refractivity contribution in [2.24, 2.45) is 0 Å². The van der Waals surface area contributed by atoms with Gasteiger partial charge in [-0.1, -0.05) is 0 Å². The third kappa shape index (κ3) is 3.76. The molecule has 92 valence electrons. The van der Waals surface area contributed by atoms with Crippen molar-refractivity contribution in [3.8, 4) is 0 Å². The Kier molecular flexibility index (Phi) is 4.60. The monoisotopic (exact) mass is 225 g/mol. The molecule has 0 aromatic heterocycles. The van der Waals surface area contributed by atoms with E-state index < -0.39 is 0 Å². The van der Waals surface area contributed by atoms with Gasteiger partial charge in [0.25, 0.3) is 0 Å². The maximum absolute atomic E-state index is 11.3. The molecule has 1 amide bonds. The molecule has 4 heteroatoms. The van der Waals surface area contributed by atoms with Crippen LogP contribution < -0.4 is 10.6 Å². The summed E-state index contributed by atoms with van der Waals surface area (Å²) in [5.74, 6) is 0.191. The quantitative estimate of drug-likeness (QED) is 0.725. The van der Waals surface area contributed by atoms with Gasteiger partial charge in [0.15, 0.2) is 0 Å². The van der Waals surface area contributed by atoms with Gasteiger partial charge in [-0.05, 0) is 45.2 Å². The van der Waals surface area contributed by atoms with Crippen LogP contribution in [0, 0.1) is 0 Å². The molecule has 2 N–H and O–H groups in total. The van der Waals surface area contributed by atoms with Crippen LogP contribution in [0.1, 0.15) is 32.1 Å². The van der Waals surface area contributed by atoms with Crippen LogP contribution in [-0.2, 0) is 4.79 Å². The molecule has 2 saturated heterocycles. The summed E-state index contributed by atoms with van der Waals surface area (Å²) in [6.07, 6.45) is 6.23. The molecular formula is C12H23N3O. The van der Waals surface area contributed by atoms with Crippen molar-refractivity contribution in [1.29, 1.82) is 0 Å². The first-order valence-electron chi connectivity index (χ1n) is 6.57. The fourth-order valence-corrected chi connectivity index (χ4v) is 2.62. The summed E-state index contributed by atoms with van der Waals surface area (Å²) in [7, 11) is 0. The van der Waals surface area contributed by atoms with Crippen molar-refractivity contribution in [3.05, 3.63) is 0 Å². The minimum Gasteiger partial charge on any atom is -0.355 e. The normalized spacial score (nSPS) is 27.8. The average Bonchev–Trinajstić information content (AvgIpc) is 2.69. The van der Waals surface area contributed by atoms with E-state index in [0.717, 1.165) is 32.1 Å². The van der Waals surface area contributed by atoms with Gasteiger partial charge in [-0.2, -0.15) is 0 Å². The van der Waals surface area contributed by atoms with Crippen LogP contribution in [0.15, 0.2) is 0 Å². The van der Waals surface area contributed by atoms with Crippen molar-refractivity contribution in [1.82, 2.24) is 15.5 Å². The SMILES string of the molecule is O=C1CN(CCCC2CCCN2)CCCN1. The molecule has 0 spiro atoms. The molecule has 2 aliphatic rings. The predicted octanol–water partition coefficient (Wildman–Crippen LogP) is 0.341. The maximum Gasteiger partial charge on any atom is 0.234 e. The van der Waals surface area contributed by atoms with E-state index in [9.17, 15) is 4.79 Å². The molecular weight excluding hydrogens is 202 g/mol. The number of carbonyl (C=O) groups is 1. The molecule has 2 aliphatic heterocycles. The Bertz CT molecular complexity index is 226. The number of rotatable bonds is 4. The Balaban J connectivity index is 1.62. The lowest BCUT2D eigenvalue weighted by molar-refractivity contribution is -0.121. The summed E-state index contributed by atoms with van der Waals surface area (Å²) in [5, 5.41) is 6.43. The summed E-state index contributed by atoms with van der Waals surface area (Å²) in [4.78, 5) is 13.6. The number of hydrogen-bond donors (Lipinski definition) is 2. The number of amides is 1. The largest absolute Gasteiger partial charge is 0.355 e. The van der Waals surface area contributed by atoms with E-state index in [1.165, 1.54) is 32.2 Å². The van der Waals surface area contributed by atoms with Crippen LogP contribution in [0.4, 0.5) is 0 Å². The van der Waals surface area contributed by atoms with Crippen LogP contribution in [-0.4, -0.2) is 49.6 Å². The third-order valence-corrected chi connectivity index (χ3v) is 3.53. The minimum absolute atomic E-state index is 0.191. The van der Waals surface area contributed by atoms with Crippen LogP contribution in [0.2, 0.25) is 0 Å². The van der Waals surface area contributed by atoms with Gasteiger partial charge in [0.05, 0.1) is 6.54 Å². The van der Waals surface area contributed by atoms with Gasteiger partial charge >= 0.3 is 0 Å². The second kappa shape index (κ2) is 6.21. The summed E-state index contributed by atoms with van der Waals surface area (Å²) >= 11 is 0. The summed E-state index contributed by atoms with van der Waals surface area (Å²) < 4.78 is 0. The van der Waals surface area contributed by atoms with Gasteiger partial charge < -0.3 is 10.6 Å². The zero-order valence-electron chi connectivity index (χ0n) is 10.0. The molecule has 0 bridgehead atoms. The fourth-order valence-electron chi connectivity index (χ4n) is 2.62. The van der Waals surface area contributed by atoms with E-state index in [2.05, 4.69) is 15.5 Å². The smallest absolute Gasteiger partial charge is 0.234 e. The van der Waals surface area contributed by atoms with Crippen molar-refractivity contribution < 1.29 is 4.79 Å². The zero-order valence-corrected chi connectivity index (χ0v) is 10.0. The second-order valence-corrected chi connectivity index (χ2v) is 4.92. The number of carbonyl (C=O) groups excluding carboxylic acids is 1. The van der Waals surface area contributed by atoms with Gasteiger partial charge in [0.2, 0.25) is 5.91 Å². The molecule has 0 saturated carbocycles. The number of hydrogen-bond acceptors (Lipinski definition) is 3. The van der Waals surface area contributed by atoms with Crippen molar-refractivity contribution in [3.63, 3.8) is 0 Å². The highest BCUT2D eigenvalue weighted by molar-refractivity contribution is 5.78. The lowest BCUT2D eigenvalue weighted by Crippen LogP contribution is -2.34. The van der Waals surface area contributed by atoms with Crippen LogP contribution in [0.25, 0.3) is 0 Å². The lowest BCUT2D eigenvalue weighted by Gasteiger charge is -2.19. The topological polar surface area (TPSA) is 44.4 Å². The third-order valence-electron chi connectivity index (χ3n) is 3.53.